The van der Waals surface area contributed by atoms with Crippen molar-refractivity contribution < 1.29 is 4.74 Å². The Morgan fingerprint density at radius 1 is 1.38 bits per heavy atom. The number of hydrogen-bond donors (Lipinski definition) is 1. The van der Waals surface area contributed by atoms with Crippen molar-refractivity contribution in [3.63, 3.8) is 0 Å². The zero-order valence-corrected chi connectivity index (χ0v) is 9.93. The van der Waals surface area contributed by atoms with E-state index < -0.39 is 0 Å². The fraction of sp³-hybridized carbons (Fsp3) is 0.667. The second-order valence-corrected chi connectivity index (χ2v) is 4.43. The first kappa shape index (κ1) is 11.6. The normalized spacial score (nSPS) is 19.9. The summed E-state index contributed by atoms with van der Waals surface area (Å²) in [6.45, 7) is 8.00. The molecule has 0 saturated carbocycles. The molecule has 1 unspecified atom stereocenters. The maximum absolute atomic E-state index is 5.83. The third-order valence-corrected chi connectivity index (χ3v) is 3.08. The molecule has 2 N–H and O–H groups in total. The van der Waals surface area contributed by atoms with Crippen molar-refractivity contribution in [1.82, 2.24) is 9.47 Å². The number of rotatable bonds is 4. The molecule has 0 aliphatic carbocycles. The van der Waals surface area contributed by atoms with Crippen LogP contribution in [0.15, 0.2) is 18.5 Å². The van der Waals surface area contributed by atoms with Crippen LogP contribution in [-0.2, 0) is 11.3 Å². The molecule has 0 aromatic carbocycles. The number of nitrogens with zero attached hydrogens (tertiary/aromatic N) is 2. The van der Waals surface area contributed by atoms with Crippen LogP contribution in [0.1, 0.15) is 18.5 Å². The Kier molecular flexibility index (Phi) is 3.98. The van der Waals surface area contributed by atoms with E-state index in [-0.39, 0.29) is 6.04 Å². The van der Waals surface area contributed by atoms with Gasteiger partial charge in [-0.3, -0.25) is 4.90 Å². The van der Waals surface area contributed by atoms with E-state index in [9.17, 15) is 0 Å². The molecule has 1 saturated heterocycles. The largest absolute Gasteiger partial charge is 0.379 e. The Balaban J connectivity index is 1.79. The van der Waals surface area contributed by atoms with Crippen LogP contribution in [0, 0.1) is 0 Å². The molecule has 1 aliphatic heterocycles. The molecule has 0 radical (unpaired) electrons. The van der Waals surface area contributed by atoms with E-state index in [2.05, 4.69) is 27.9 Å². The zero-order valence-electron chi connectivity index (χ0n) is 9.93. The van der Waals surface area contributed by atoms with Crippen LogP contribution in [-0.4, -0.2) is 42.3 Å². The number of morpholine rings is 1. The van der Waals surface area contributed by atoms with Gasteiger partial charge in [0.05, 0.1) is 13.2 Å². The van der Waals surface area contributed by atoms with Gasteiger partial charge in [-0.15, -0.1) is 0 Å². The van der Waals surface area contributed by atoms with Gasteiger partial charge >= 0.3 is 0 Å². The quantitative estimate of drug-likeness (QED) is 0.822. The van der Waals surface area contributed by atoms with Crippen molar-refractivity contribution in [3.05, 3.63) is 24.0 Å². The van der Waals surface area contributed by atoms with Crippen molar-refractivity contribution in [2.24, 2.45) is 5.73 Å². The van der Waals surface area contributed by atoms with E-state index in [0.717, 1.165) is 39.4 Å². The number of hydrogen-bond acceptors (Lipinski definition) is 3. The highest BCUT2D eigenvalue weighted by Crippen LogP contribution is 2.09. The molecule has 4 nitrogen and oxygen atoms in total. The highest BCUT2D eigenvalue weighted by atomic mass is 16.5. The molecular formula is C12H21N3O. The maximum Gasteiger partial charge on any atom is 0.0594 e. The Labute approximate surface area is 97.0 Å². The Bertz CT molecular complexity index is 316. The summed E-state index contributed by atoms with van der Waals surface area (Å²) in [5.41, 5.74) is 7.04. The van der Waals surface area contributed by atoms with Crippen molar-refractivity contribution in [3.8, 4) is 0 Å². The third kappa shape index (κ3) is 3.07. The molecule has 90 valence electrons. The van der Waals surface area contributed by atoms with Crippen LogP contribution in [0.3, 0.4) is 0 Å². The summed E-state index contributed by atoms with van der Waals surface area (Å²) in [5.74, 6) is 0. The first-order valence-corrected chi connectivity index (χ1v) is 5.97. The van der Waals surface area contributed by atoms with E-state index in [1.165, 1.54) is 5.56 Å². The summed E-state index contributed by atoms with van der Waals surface area (Å²) < 4.78 is 7.54. The highest BCUT2D eigenvalue weighted by molar-refractivity contribution is 5.13. The van der Waals surface area contributed by atoms with Crippen LogP contribution >= 0.6 is 0 Å². The smallest absolute Gasteiger partial charge is 0.0594 e. The Morgan fingerprint density at radius 2 is 2.12 bits per heavy atom. The van der Waals surface area contributed by atoms with Gasteiger partial charge in [0, 0.05) is 44.6 Å². The highest BCUT2D eigenvalue weighted by Gasteiger charge is 2.09. The van der Waals surface area contributed by atoms with Gasteiger partial charge in [-0.05, 0) is 18.6 Å². The fourth-order valence-corrected chi connectivity index (χ4v) is 1.95. The molecule has 16 heavy (non-hydrogen) atoms. The van der Waals surface area contributed by atoms with E-state index in [0.29, 0.717) is 0 Å². The molecule has 1 aromatic heterocycles. The van der Waals surface area contributed by atoms with Crippen LogP contribution in [0.25, 0.3) is 0 Å². The summed E-state index contributed by atoms with van der Waals surface area (Å²) in [6.07, 6.45) is 4.25. The number of nitrogens with two attached hydrogens (primary N) is 1. The SMILES string of the molecule is CC(N)c1ccn(CCN2CCOCC2)c1. The Hall–Kier alpha value is -0.840. The second kappa shape index (κ2) is 5.48. The molecule has 1 fully saturated rings. The summed E-state index contributed by atoms with van der Waals surface area (Å²) in [5, 5.41) is 0. The lowest BCUT2D eigenvalue weighted by Gasteiger charge is -2.26. The van der Waals surface area contributed by atoms with Gasteiger partial charge in [-0.2, -0.15) is 0 Å². The van der Waals surface area contributed by atoms with Crippen LogP contribution < -0.4 is 5.73 Å². The monoisotopic (exact) mass is 223 g/mol. The molecule has 0 amide bonds. The number of aromatic nitrogens is 1. The zero-order chi connectivity index (χ0) is 11.4. The Morgan fingerprint density at radius 3 is 2.75 bits per heavy atom. The average molecular weight is 223 g/mol. The summed E-state index contributed by atoms with van der Waals surface area (Å²) in [4.78, 5) is 2.44. The molecule has 1 atom stereocenters. The minimum atomic E-state index is 0.129. The summed E-state index contributed by atoms with van der Waals surface area (Å²) >= 11 is 0. The predicted molar refractivity (Wildman–Crippen MR) is 64.3 cm³/mol. The van der Waals surface area contributed by atoms with Gasteiger partial charge in [-0.1, -0.05) is 0 Å². The first-order valence-electron chi connectivity index (χ1n) is 5.97. The van der Waals surface area contributed by atoms with Crippen molar-refractivity contribution in [2.45, 2.75) is 19.5 Å². The van der Waals surface area contributed by atoms with Crippen molar-refractivity contribution in [1.29, 1.82) is 0 Å². The minimum Gasteiger partial charge on any atom is -0.379 e. The van der Waals surface area contributed by atoms with E-state index >= 15 is 0 Å². The van der Waals surface area contributed by atoms with Gasteiger partial charge < -0.3 is 15.0 Å². The van der Waals surface area contributed by atoms with Crippen LogP contribution in [0.2, 0.25) is 0 Å². The summed E-state index contributed by atoms with van der Waals surface area (Å²) in [7, 11) is 0. The third-order valence-electron chi connectivity index (χ3n) is 3.08. The van der Waals surface area contributed by atoms with E-state index in [1.54, 1.807) is 0 Å². The molecular weight excluding hydrogens is 202 g/mol. The van der Waals surface area contributed by atoms with Gasteiger partial charge in [0.2, 0.25) is 0 Å². The standard InChI is InChI=1S/C12H21N3O/c1-11(13)12-2-3-15(10-12)5-4-14-6-8-16-9-7-14/h2-3,10-11H,4-9,13H2,1H3. The number of ether oxygens (including phenoxy) is 1. The first-order chi connectivity index (χ1) is 7.75. The topological polar surface area (TPSA) is 43.4 Å². The average Bonchev–Trinajstić information content (AvgIpc) is 2.76. The molecule has 4 heteroatoms. The van der Waals surface area contributed by atoms with Gasteiger partial charge in [0.15, 0.2) is 0 Å². The fourth-order valence-electron chi connectivity index (χ4n) is 1.95. The lowest BCUT2D eigenvalue weighted by atomic mass is 10.2. The van der Waals surface area contributed by atoms with E-state index in [1.807, 2.05) is 6.92 Å². The maximum atomic E-state index is 5.83. The second-order valence-electron chi connectivity index (χ2n) is 4.43. The van der Waals surface area contributed by atoms with Crippen LogP contribution in [0.5, 0.6) is 0 Å². The molecule has 0 bridgehead atoms. The van der Waals surface area contributed by atoms with Gasteiger partial charge in [0.1, 0.15) is 0 Å². The van der Waals surface area contributed by atoms with Gasteiger partial charge in [-0.25, -0.2) is 0 Å². The molecule has 1 aliphatic rings. The predicted octanol–water partition coefficient (Wildman–Crippen LogP) is 0.840. The minimum absolute atomic E-state index is 0.129. The van der Waals surface area contributed by atoms with Crippen LogP contribution in [0.4, 0.5) is 0 Å². The van der Waals surface area contributed by atoms with Gasteiger partial charge in [0.25, 0.3) is 0 Å². The summed E-state index contributed by atoms with van der Waals surface area (Å²) in [6, 6.07) is 2.23. The lowest BCUT2D eigenvalue weighted by molar-refractivity contribution is 0.0364. The lowest BCUT2D eigenvalue weighted by Crippen LogP contribution is -2.38. The van der Waals surface area contributed by atoms with Crippen molar-refractivity contribution >= 4 is 0 Å². The molecule has 2 heterocycles. The molecule has 0 spiro atoms. The molecule has 2 rings (SSSR count). The van der Waals surface area contributed by atoms with E-state index in [4.69, 9.17) is 10.5 Å². The molecule has 1 aromatic rings. The van der Waals surface area contributed by atoms with Crippen molar-refractivity contribution in [2.75, 3.05) is 32.8 Å².